The first kappa shape index (κ1) is 32.0. The molecule has 0 atom stereocenters. The Hall–Kier alpha value is -6.70. The summed E-state index contributed by atoms with van der Waals surface area (Å²) >= 11 is 0. The van der Waals surface area contributed by atoms with Gasteiger partial charge in [0, 0.05) is 22.5 Å². The Bertz CT molecular complexity index is 2810. The Morgan fingerprint density at radius 1 is 0.333 bits per heavy atom. The van der Waals surface area contributed by atoms with Crippen LogP contribution in [-0.2, 0) is 5.41 Å². The molecular weight excluding hydrogens is 651 g/mol. The molecule has 9 aromatic rings. The van der Waals surface area contributed by atoms with E-state index >= 15 is 0 Å². The van der Waals surface area contributed by atoms with Gasteiger partial charge in [-0.25, -0.2) is 0 Å². The van der Waals surface area contributed by atoms with Crippen molar-refractivity contribution >= 4 is 38.6 Å². The zero-order chi connectivity index (χ0) is 36.2. The largest absolute Gasteiger partial charge is 0.311 e. The quantitative estimate of drug-likeness (QED) is 0.168. The zero-order valence-electron chi connectivity index (χ0n) is 30.5. The second-order valence-electron chi connectivity index (χ2n) is 15.0. The number of para-hydroxylation sites is 1. The predicted molar refractivity (Wildman–Crippen MR) is 230 cm³/mol. The van der Waals surface area contributed by atoms with E-state index in [0.29, 0.717) is 0 Å². The third-order valence-electron chi connectivity index (χ3n) is 11.4. The van der Waals surface area contributed by atoms with E-state index < -0.39 is 0 Å². The Morgan fingerprint density at radius 2 is 0.852 bits per heavy atom. The van der Waals surface area contributed by atoms with Gasteiger partial charge < -0.3 is 4.90 Å². The molecule has 0 radical (unpaired) electrons. The van der Waals surface area contributed by atoms with E-state index in [2.05, 4.69) is 219 Å². The lowest BCUT2D eigenvalue weighted by molar-refractivity contribution is 0.645. The second-order valence-corrected chi connectivity index (χ2v) is 15.0. The van der Waals surface area contributed by atoms with Gasteiger partial charge in [-0.2, -0.15) is 0 Å². The summed E-state index contributed by atoms with van der Waals surface area (Å²) in [6, 6.07) is 73.3. The number of fused-ring (bicyclic) bond motifs is 3. The SMILES string of the molecule is CC1(C)c2cc(-c3ccc(N(c4ccccc4)c4ccc(-c5ccccc5)cc4)cc3)ccc2-c2c(-c3ccc4ccccc4c3)ccc3cccc1c23. The molecule has 0 N–H and O–H groups in total. The van der Waals surface area contributed by atoms with Gasteiger partial charge in [-0.15, -0.1) is 0 Å². The second kappa shape index (κ2) is 12.8. The van der Waals surface area contributed by atoms with Crippen LogP contribution in [0.1, 0.15) is 25.0 Å². The lowest BCUT2D eigenvalue weighted by Gasteiger charge is -2.36. The monoisotopic (exact) mass is 689 g/mol. The summed E-state index contributed by atoms with van der Waals surface area (Å²) in [4.78, 5) is 2.33. The highest BCUT2D eigenvalue weighted by Gasteiger charge is 2.35. The predicted octanol–water partition coefficient (Wildman–Crippen LogP) is 14.8. The molecule has 1 heteroatoms. The third kappa shape index (κ3) is 5.32. The molecule has 0 fully saturated rings. The van der Waals surface area contributed by atoms with Crippen LogP contribution >= 0.6 is 0 Å². The van der Waals surface area contributed by atoms with Crippen LogP contribution in [0.25, 0.3) is 66.1 Å². The van der Waals surface area contributed by atoms with Gasteiger partial charge in [0.05, 0.1) is 0 Å². The van der Waals surface area contributed by atoms with E-state index in [4.69, 9.17) is 0 Å². The number of anilines is 3. The molecule has 1 aliphatic rings. The molecule has 54 heavy (non-hydrogen) atoms. The van der Waals surface area contributed by atoms with Crippen molar-refractivity contribution < 1.29 is 0 Å². The first-order valence-electron chi connectivity index (χ1n) is 18.8. The van der Waals surface area contributed by atoms with Crippen LogP contribution in [0.5, 0.6) is 0 Å². The van der Waals surface area contributed by atoms with E-state index in [1.165, 1.54) is 77.2 Å². The fraction of sp³-hybridized carbons (Fsp3) is 0.0566. The maximum absolute atomic E-state index is 2.44. The number of hydrogen-bond donors (Lipinski definition) is 0. The molecule has 0 heterocycles. The highest BCUT2D eigenvalue weighted by atomic mass is 15.1. The average molecular weight is 690 g/mol. The Balaban J connectivity index is 1.06. The van der Waals surface area contributed by atoms with Crippen LogP contribution in [0.4, 0.5) is 17.1 Å². The van der Waals surface area contributed by atoms with Crippen molar-refractivity contribution in [1.82, 2.24) is 0 Å². The summed E-state index contributed by atoms with van der Waals surface area (Å²) in [6.45, 7) is 4.78. The standard InChI is InChI=1S/C53H39N/c1-53(2)49-19-11-16-40-26-32-47(43-21-20-37-14-9-10-15-41(37)34-43)52(51(40)49)48-33-27-42(35-50(48)53)39-24-30-46(31-25-39)54(44-17-7-4-8-18-44)45-28-22-38(23-29-45)36-12-5-3-6-13-36/h3-35H,1-2H3. The number of nitrogens with zero attached hydrogens (tertiary/aromatic N) is 1. The normalized spacial score (nSPS) is 12.8. The number of benzene rings is 9. The summed E-state index contributed by atoms with van der Waals surface area (Å²) in [5, 5.41) is 5.20. The molecule has 1 nitrogen and oxygen atoms in total. The van der Waals surface area contributed by atoms with Crippen LogP contribution < -0.4 is 4.90 Å². The smallest absolute Gasteiger partial charge is 0.0462 e. The van der Waals surface area contributed by atoms with Gasteiger partial charge in [-0.3, -0.25) is 0 Å². The van der Waals surface area contributed by atoms with E-state index in [0.717, 1.165) is 17.1 Å². The van der Waals surface area contributed by atoms with E-state index in [1.54, 1.807) is 0 Å². The molecule has 0 amide bonds. The van der Waals surface area contributed by atoms with Crippen molar-refractivity contribution in [3.63, 3.8) is 0 Å². The van der Waals surface area contributed by atoms with E-state index in [9.17, 15) is 0 Å². The molecular formula is C53H39N. The Kier molecular flexibility index (Phi) is 7.56. The van der Waals surface area contributed by atoms with Crippen LogP contribution in [0.15, 0.2) is 200 Å². The van der Waals surface area contributed by atoms with Crippen molar-refractivity contribution in [2.45, 2.75) is 19.3 Å². The summed E-state index contributed by atoms with van der Waals surface area (Å²) in [7, 11) is 0. The lowest BCUT2D eigenvalue weighted by Crippen LogP contribution is -2.24. The maximum atomic E-state index is 2.44. The minimum absolute atomic E-state index is 0.171. The third-order valence-corrected chi connectivity index (χ3v) is 11.4. The molecule has 0 saturated heterocycles. The van der Waals surface area contributed by atoms with Gasteiger partial charge in [0.15, 0.2) is 0 Å². The zero-order valence-corrected chi connectivity index (χ0v) is 30.5. The van der Waals surface area contributed by atoms with Gasteiger partial charge in [0.25, 0.3) is 0 Å². The molecule has 1 aliphatic carbocycles. The van der Waals surface area contributed by atoms with Crippen molar-refractivity contribution in [3.05, 3.63) is 211 Å². The number of rotatable bonds is 6. The molecule has 10 rings (SSSR count). The van der Waals surface area contributed by atoms with Crippen molar-refractivity contribution in [1.29, 1.82) is 0 Å². The van der Waals surface area contributed by atoms with Crippen LogP contribution in [0.3, 0.4) is 0 Å². The van der Waals surface area contributed by atoms with Crippen LogP contribution in [-0.4, -0.2) is 0 Å². The Morgan fingerprint density at radius 3 is 1.57 bits per heavy atom. The molecule has 256 valence electrons. The topological polar surface area (TPSA) is 3.24 Å². The molecule has 0 aliphatic heterocycles. The average Bonchev–Trinajstić information content (AvgIpc) is 3.23. The number of hydrogen-bond acceptors (Lipinski definition) is 1. The van der Waals surface area contributed by atoms with Crippen LogP contribution in [0, 0.1) is 0 Å². The molecule has 0 saturated carbocycles. The van der Waals surface area contributed by atoms with E-state index in [-0.39, 0.29) is 5.41 Å². The fourth-order valence-corrected chi connectivity index (χ4v) is 8.64. The van der Waals surface area contributed by atoms with Crippen molar-refractivity contribution in [2.24, 2.45) is 0 Å². The molecule has 0 spiro atoms. The van der Waals surface area contributed by atoms with Crippen molar-refractivity contribution in [3.8, 4) is 44.5 Å². The highest BCUT2D eigenvalue weighted by molar-refractivity contribution is 6.10. The summed E-state index contributed by atoms with van der Waals surface area (Å²) < 4.78 is 0. The first-order valence-corrected chi connectivity index (χ1v) is 18.8. The Labute approximate surface area is 317 Å². The molecule has 0 unspecified atom stereocenters. The van der Waals surface area contributed by atoms with E-state index in [1.807, 2.05) is 0 Å². The first-order chi connectivity index (χ1) is 26.5. The van der Waals surface area contributed by atoms with Gasteiger partial charge in [-0.1, -0.05) is 166 Å². The molecule has 0 aromatic heterocycles. The van der Waals surface area contributed by atoms with Gasteiger partial charge in [0.1, 0.15) is 0 Å². The van der Waals surface area contributed by atoms with Gasteiger partial charge in [0.2, 0.25) is 0 Å². The minimum Gasteiger partial charge on any atom is -0.311 e. The molecule has 0 bridgehead atoms. The summed E-state index contributed by atoms with van der Waals surface area (Å²) in [5.41, 5.74) is 16.0. The summed E-state index contributed by atoms with van der Waals surface area (Å²) in [6.07, 6.45) is 0. The van der Waals surface area contributed by atoms with Crippen molar-refractivity contribution in [2.75, 3.05) is 4.90 Å². The highest BCUT2D eigenvalue weighted by Crippen LogP contribution is 2.52. The summed E-state index contributed by atoms with van der Waals surface area (Å²) in [5.74, 6) is 0. The molecule has 9 aromatic carbocycles. The maximum Gasteiger partial charge on any atom is 0.0462 e. The van der Waals surface area contributed by atoms with Gasteiger partial charge in [-0.05, 0) is 126 Å². The van der Waals surface area contributed by atoms with Crippen LogP contribution in [0.2, 0.25) is 0 Å². The lowest BCUT2D eigenvalue weighted by atomic mass is 9.67. The van der Waals surface area contributed by atoms with Gasteiger partial charge >= 0.3 is 0 Å². The fourth-order valence-electron chi connectivity index (χ4n) is 8.64. The minimum atomic E-state index is -0.171.